The molecule has 3 aromatic heterocycles. The standard InChI is InChI=1S/C18H21N5O3/c1-10(16-19-7-8-25-16)22-15(24)12-11(2)26-17-13(12)14(20-9-21-17)23(4)18(3)5-6-18/h7-10H,5-6H2,1-4H3,(H,22,24). The van der Waals surface area contributed by atoms with Crippen molar-refractivity contribution in [2.24, 2.45) is 0 Å². The van der Waals surface area contributed by atoms with E-state index in [0.717, 1.165) is 12.8 Å². The third kappa shape index (κ3) is 2.61. The topological polar surface area (TPSA) is 97.3 Å². The van der Waals surface area contributed by atoms with Gasteiger partial charge in [0.25, 0.3) is 5.91 Å². The lowest BCUT2D eigenvalue weighted by molar-refractivity contribution is 0.0934. The smallest absolute Gasteiger partial charge is 0.256 e. The molecule has 0 aliphatic heterocycles. The van der Waals surface area contributed by atoms with Crippen molar-refractivity contribution in [1.29, 1.82) is 0 Å². The number of carbonyl (C=O) groups is 1. The summed E-state index contributed by atoms with van der Waals surface area (Å²) < 4.78 is 11.0. The number of rotatable bonds is 5. The normalized spacial score (nSPS) is 16.5. The summed E-state index contributed by atoms with van der Waals surface area (Å²) in [7, 11) is 1.99. The molecule has 1 unspecified atom stereocenters. The predicted octanol–water partition coefficient (Wildman–Crippen LogP) is 3.00. The zero-order valence-electron chi connectivity index (χ0n) is 15.2. The van der Waals surface area contributed by atoms with Crippen LogP contribution in [0.1, 0.15) is 54.7 Å². The molecule has 3 aromatic rings. The number of amides is 1. The molecule has 4 rings (SSSR count). The van der Waals surface area contributed by atoms with Crippen molar-refractivity contribution in [2.45, 2.75) is 45.2 Å². The first-order valence-corrected chi connectivity index (χ1v) is 8.59. The van der Waals surface area contributed by atoms with Gasteiger partial charge in [-0.15, -0.1) is 0 Å². The van der Waals surface area contributed by atoms with E-state index in [2.05, 4.69) is 32.1 Å². The van der Waals surface area contributed by atoms with E-state index in [1.54, 1.807) is 13.1 Å². The average Bonchev–Trinajstić information content (AvgIpc) is 3.02. The van der Waals surface area contributed by atoms with Crippen molar-refractivity contribution >= 4 is 22.8 Å². The highest BCUT2D eigenvalue weighted by atomic mass is 16.3. The molecule has 1 aliphatic carbocycles. The summed E-state index contributed by atoms with van der Waals surface area (Å²) in [5, 5.41) is 3.55. The van der Waals surface area contributed by atoms with E-state index in [9.17, 15) is 4.79 Å². The highest BCUT2D eigenvalue weighted by Gasteiger charge is 2.43. The number of hydrogen-bond donors (Lipinski definition) is 1. The molecular weight excluding hydrogens is 334 g/mol. The van der Waals surface area contributed by atoms with Crippen molar-refractivity contribution in [3.8, 4) is 0 Å². The van der Waals surface area contributed by atoms with Crippen molar-refractivity contribution in [2.75, 3.05) is 11.9 Å². The molecule has 1 atom stereocenters. The maximum Gasteiger partial charge on any atom is 0.256 e. The fraction of sp³-hybridized carbons (Fsp3) is 0.444. The van der Waals surface area contributed by atoms with Gasteiger partial charge in [0.15, 0.2) is 0 Å². The maximum absolute atomic E-state index is 13.0. The van der Waals surface area contributed by atoms with Gasteiger partial charge in [-0.2, -0.15) is 0 Å². The molecule has 0 radical (unpaired) electrons. The Labute approximate surface area is 150 Å². The fourth-order valence-corrected chi connectivity index (χ4v) is 3.11. The van der Waals surface area contributed by atoms with Gasteiger partial charge < -0.3 is 19.1 Å². The third-order valence-electron chi connectivity index (χ3n) is 5.14. The van der Waals surface area contributed by atoms with Crippen molar-refractivity contribution in [1.82, 2.24) is 20.3 Å². The lowest BCUT2D eigenvalue weighted by Crippen LogP contribution is -2.32. The largest absolute Gasteiger partial charge is 0.447 e. The monoisotopic (exact) mass is 355 g/mol. The molecule has 136 valence electrons. The van der Waals surface area contributed by atoms with Crippen molar-refractivity contribution in [3.05, 3.63) is 36.0 Å². The highest BCUT2D eigenvalue weighted by Crippen LogP contribution is 2.44. The molecule has 26 heavy (non-hydrogen) atoms. The van der Waals surface area contributed by atoms with Crippen LogP contribution in [-0.4, -0.2) is 33.4 Å². The lowest BCUT2D eigenvalue weighted by Gasteiger charge is -2.26. The van der Waals surface area contributed by atoms with Crippen LogP contribution in [0, 0.1) is 6.92 Å². The molecule has 0 aromatic carbocycles. The number of carbonyl (C=O) groups excluding carboxylic acids is 1. The molecule has 0 saturated heterocycles. The zero-order valence-corrected chi connectivity index (χ0v) is 15.2. The van der Waals surface area contributed by atoms with Gasteiger partial charge in [0, 0.05) is 12.6 Å². The first-order chi connectivity index (χ1) is 12.4. The SMILES string of the molecule is Cc1oc2ncnc(N(C)C3(C)CC3)c2c1C(=O)NC(C)c1ncco1. The molecule has 8 nitrogen and oxygen atoms in total. The van der Waals surface area contributed by atoms with E-state index in [0.29, 0.717) is 34.1 Å². The minimum atomic E-state index is -0.367. The van der Waals surface area contributed by atoms with Gasteiger partial charge in [-0.25, -0.2) is 15.0 Å². The molecule has 1 N–H and O–H groups in total. The number of nitrogens with one attached hydrogen (secondary N) is 1. The number of fused-ring (bicyclic) bond motifs is 1. The number of aromatic nitrogens is 3. The first kappa shape index (κ1) is 16.6. The molecule has 3 heterocycles. The van der Waals surface area contributed by atoms with Crippen LogP contribution < -0.4 is 10.2 Å². The first-order valence-electron chi connectivity index (χ1n) is 8.59. The van der Waals surface area contributed by atoms with Gasteiger partial charge in [-0.1, -0.05) is 0 Å². The molecule has 0 bridgehead atoms. The minimum Gasteiger partial charge on any atom is -0.447 e. The van der Waals surface area contributed by atoms with Gasteiger partial charge in [0.2, 0.25) is 11.6 Å². The number of aryl methyl sites for hydroxylation is 1. The van der Waals surface area contributed by atoms with Crippen molar-refractivity contribution < 1.29 is 13.6 Å². The molecule has 1 amide bonds. The molecular formula is C18H21N5O3. The second kappa shape index (κ2) is 5.82. The van der Waals surface area contributed by atoms with Gasteiger partial charge in [0.05, 0.1) is 17.1 Å². The summed E-state index contributed by atoms with van der Waals surface area (Å²) in [6, 6.07) is -0.367. The Morgan fingerprint density at radius 2 is 2.12 bits per heavy atom. The van der Waals surface area contributed by atoms with Gasteiger partial charge in [-0.05, 0) is 33.6 Å². The molecule has 1 aliphatic rings. The zero-order chi connectivity index (χ0) is 18.5. The van der Waals surface area contributed by atoms with Crippen LogP contribution in [0.4, 0.5) is 5.82 Å². The quantitative estimate of drug-likeness (QED) is 0.751. The summed E-state index contributed by atoms with van der Waals surface area (Å²) >= 11 is 0. The molecule has 8 heteroatoms. The minimum absolute atomic E-state index is 0.0611. The van der Waals surface area contributed by atoms with Gasteiger partial charge in [-0.3, -0.25) is 4.79 Å². The second-order valence-corrected chi connectivity index (χ2v) is 7.03. The molecule has 1 saturated carbocycles. The fourth-order valence-electron chi connectivity index (χ4n) is 3.11. The average molecular weight is 355 g/mol. The van der Waals surface area contributed by atoms with E-state index < -0.39 is 0 Å². The summed E-state index contributed by atoms with van der Waals surface area (Å²) in [5.74, 6) is 1.40. The van der Waals surface area contributed by atoms with Crippen LogP contribution in [0.5, 0.6) is 0 Å². The maximum atomic E-state index is 13.0. The van der Waals surface area contributed by atoms with Crippen LogP contribution in [-0.2, 0) is 0 Å². The Kier molecular flexibility index (Phi) is 3.71. The molecule has 1 fully saturated rings. The lowest BCUT2D eigenvalue weighted by atomic mass is 10.1. The Morgan fingerprint density at radius 3 is 2.77 bits per heavy atom. The Morgan fingerprint density at radius 1 is 1.35 bits per heavy atom. The predicted molar refractivity (Wildman–Crippen MR) is 95.0 cm³/mol. The van der Waals surface area contributed by atoms with Crippen LogP contribution in [0.2, 0.25) is 0 Å². The number of oxazole rings is 1. The van der Waals surface area contributed by atoms with Crippen LogP contribution in [0.3, 0.4) is 0 Å². The van der Waals surface area contributed by atoms with Crippen LogP contribution in [0.25, 0.3) is 11.1 Å². The summed E-state index contributed by atoms with van der Waals surface area (Å²) in [4.78, 5) is 27.8. The summed E-state index contributed by atoms with van der Waals surface area (Å²) in [6.45, 7) is 5.75. The molecule has 0 spiro atoms. The van der Waals surface area contributed by atoms with Gasteiger partial charge >= 0.3 is 0 Å². The Hall–Kier alpha value is -2.90. The number of furan rings is 1. The number of hydrogen-bond acceptors (Lipinski definition) is 7. The van der Waals surface area contributed by atoms with E-state index >= 15 is 0 Å². The number of anilines is 1. The summed E-state index contributed by atoms with van der Waals surface area (Å²) in [5.41, 5.74) is 0.925. The summed E-state index contributed by atoms with van der Waals surface area (Å²) in [6.07, 6.45) is 6.69. The van der Waals surface area contributed by atoms with Crippen LogP contribution >= 0.6 is 0 Å². The third-order valence-corrected chi connectivity index (χ3v) is 5.14. The van der Waals surface area contributed by atoms with Gasteiger partial charge in [0.1, 0.15) is 30.2 Å². The Bertz CT molecular complexity index is 959. The Balaban J connectivity index is 1.74. The number of nitrogens with zero attached hydrogens (tertiary/aromatic N) is 4. The van der Waals surface area contributed by atoms with Crippen molar-refractivity contribution in [3.63, 3.8) is 0 Å². The van der Waals surface area contributed by atoms with E-state index in [1.165, 1.54) is 12.6 Å². The van der Waals surface area contributed by atoms with Crippen LogP contribution in [0.15, 0.2) is 27.6 Å². The van der Waals surface area contributed by atoms with E-state index in [4.69, 9.17) is 8.83 Å². The van der Waals surface area contributed by atoms with E-state index in [-0.39, 0.29) is 17.5 Å². The van der Waals surface area contributed by atoms with E-state index in [1.807, 2.05) is 14.0 Å². The highest BCUT2D eigenvalue weighted by molar-refractivity contribution is 6.10. The second-order valence-electron chi connectivity index (χ2n) is 7.03.